The molecule has 1 aliphatic heterocycles. The standard InChI is InChI=1S/C10H16N4O2S/c15-17(16,14-6-4-11-5-7-14)13-9-10-2-1-3-12-8-10/h1-3,8,11,13H,4-7,9H2. The molecule has 1 aromatic heterocycles. The second-order valence-electron chi connectivity index (χ2n) is 3.84. The van der Waals surface area contributed by atoms with Crippen LogP contribution in [-0.4, -0.2) is 43.9 Å². The maximum Gasteiger partial charge on any atom is 0.279 e. The summed E-state index contributed by atoms with van der Waals surface area (Å²) >= 11 is 0. The van der Waals surface area contributed by atoms with Gasteiger partial charge in [-0.3, -0.25) is 4.98 Å². The number of hydrogen-bond acceptors (Lipinski definition) is 4. The first-order valence-corrected chi connectivity index (χ1v) is 6.97. The van der Waals surface area contributed by atoms with Crippen molar-refractivity contribution in [3.63, 3.8) is 0 Å². The van der Waals surface area contributed by atoms with Gasteiger partial charge in [0.25, 0.3) is 10.2 Å². The van der Waals surface area contributed by atoms with E-state index in [2.05, 4.69) is 15.0 Å². The third-order valence-electron chi connectivity index (χ3n) is 2.60. The Hall–Kier alpha value is -1.02. The molecule has 0 aromatic carbocycles. The minimum atomic E-state index is -3.37. The Bertz CT molecular complexity index is 443. The summed E-state index contributed by atoms with van der Waals surface area (Å²) in [6.45, 7) is 2.71. The Kier molecular flexibility index (Phi) is 4.06. The van der Waals surface area contributed by atoms with Crippen LogP contribution in [-0.2, 0) is 16.8 Å². The highest BCUT2D eigenvalue weighted by Crippen LogP contribution is 2.02. The lowest BCUT2D eigenvalue weighted by atomic mass is 10.3. The molecule has 0 amide bonds. The zero-order valence-electron chi connectivity index (χ0n) is 9.46. The largest absolute Gasteiger partial charge is 0.314 e. The van der Waals surface area contributed by atoms with Gasteiger partial charge in [-0.15, -0.1) is 0 Å². The van der Waals surface area contributed by atoms with Crippen molar-refractivity contribution in [2.45, 2.75) is 6.54 Å². The molecular formula is C10H16N4O2S. The molecule has 1 fully saturated rings. The van der Waals surface area contributed by atoms with Gasteiger partial charge in [-0.05, 0) is 11.6 Å². The van der Waals surface area contributed by atoms with Gasteiger partial charge in [0, 0.05) is 45.1 Å². The Balaban J connectivity index is 1.93. The van der Waals surface area contributed by atoms with Crippen LogP contribution < -0.4 is 10.0 Å². The van der Waals surface area contributed by atoms with Gasteiger partial charge in [0.05, 0.1) is 0 Å². The zero-order valence-corrected chi connectivity index (χ0v) is 10.3. The van der Waals surface area contributed by atoms with Gasteiger partial charge in [0.15, 0.2) is 0 Å². The monoisotopic (exact) mass is 256 g/mol. The Morgan fingerprint density at radius 3 is 2.82 bits per heavy atom. The van der Waals surface area contributed by atoms with Gasteiger partial charge in [-0.1, -0.05) is 6.07 Å². The van der Waals surface area contributed by atoms with E-state index < -0.39 is 10.2 Å². The molecule has 2 N–H and O–H groups in total. The van der Waals surface area contributed by atoms with Crippen molar-refractivity contribution in [2.24, 2.45) is 0 Å². The second kappa shape index (κ2) is 5.54. The van der Waals surface area contributed by atoms with Crippen molar-refractivity contribution < 1.29 is 8.42 Å². The number of pyridine rings is 1. The molecule has 7 heteroatoms. The molecule has 1 aliphatic rings. The van der Waals surface area contributed by atoms with E-state index in [0.717, 1.165) is 5.56 Å². The minimum absolute atomic E-state index is 0.278. The fourth-order valence-corrected chi connectivity index (χ4v) is 2.85. The summed E-state index contributed by atoms with van der Waals surface area (Å²) in [6, 6.07) is 3.63. The fraction of sp³-hybridized carbons (Fsp3) is 0.500. The van der Waals surface area contributed by atoms with Crippen molar-refractivity contribution in [3.05, 3.63) is 30.1 Å². The molecule has 6 nitrogen and oxygen atoms in total. The summed E-state index contributed by atoms with van der Waals surface area (Å²) in [5.74, 6) is 0. The van der Waals surface area contributed by atoms with E-state index in [4.69, 9.17) is 0 Å². The van der Waals surface area contributed by atoms with Crippen LogP contribution >= 0.6 is 0 Å². The van der Waals surface area contributed by atoms with Gasteiger partial charge in [0.2, 0.25) is 0 Å². The van der Waals surface area contributed by atoms with Crippen molar-refractivity contribution in [3.8, 4) is 0 Å². The van der Waals surface area contributed by atoms with E-state index in [9.17, 15) is 8.42 Å². The molecule has 1 saturated heterocycles. The van der Waals surface area contributed by atoms with Crippen molar-refractivity contribution in [2.75, 3.05) is 26.2 Å². The summed E-state index contributed by atoms with van der Waals surface area (Å²) in [4.78, 5) is 3.94. The summed E-state index contributed by atoms with van der Waals surface area (Å²) in [6.07, 6.45) is 3.31. The maximum atomic E-state index is 11.9. The molecule has 0 saturated carbocycles. The average molecular weight is 256 g/mol. The summed E-state index contributed by atoms with van der Waals surface area (Å²) in [7, 11) is -3.37. The zero-order chi connectivity index (χ0) is 12.1. The predicted molar refractivity (Wildman–Crippen MR) is 64.4 cm³/mol. The Morgan fingerprint density at radius 2 is 2.18 bits per heavy atom. The Labute approximate surface area is 101 Å². The first-order chi connectivity index (χ1) is 8.18. The van der Waals surface area contributed by atoms with Gasteiger partial charge < -0.3 is 5.32 Å². The number of nitrogens with one attached hydrogen (secondary N) is 2. The number of rotatable bonds is 4. The molecule has 0 unspecified atom stereocenters. The highest BCUT2D eigenvalue weighted by Gasteiger charge is 2.22. The van der Waals surface area contributed by atoms with Gasteiger partial charge in [-0.2, -0.15) is 17.4 Å². The van der Waals surface area contributed by atoms with Gasteiger partial charge in [0.1, 0.15) is 0 Å². The Morgan fingerprint density at radius 1 is 1.41 bits per heavy atom. The van der Waals surface area contributed by atoms with Crippen LogP contribution in [0.3, 0.4) is 0 Å². The van der Waals surface area contributed by atoms with Crippen LogP contribution in [0, 0.1) is 0 Å². The first kappa shape index (κ1) is 12.4. The molecule has 0 radical (unpaired) electrons. The normalized spacial score (nSPS) is 18.1. The maximum absolute atomic E-state index is 11.9. The van der Waals surface area contributed by atoms with Gasteiger partial charge >= 0.3 is 0 Å². The number of piperazine rings is 1. The van der Waals surface area contributed by atoms with E-state index in [0.29, 0.717) is 26.2 Å². The lowest BCUT2D eigenvalue weighted by molar-refractivity contribution is 0.354. The quantitative estimate of drug-likeness (QED) is 0.748. The summed E-state index contributed by atoms with van der Waals surface area (Å²) < 4.78 is 27.9. The van der Waals surface area contributed by atoms with E-state index in [1.807, 2.05) is 6.07 Å². The molecule has 2 heterocycles. The molecule has 0 aliphatic carbocycles. The third kappa shape index (κ3) is 3.47. The van der Waals surface area contributed by atoms with E-state index in [-0.39, 0.29) is 6.54 Å². The number of aromatic nitrogens is 1. The molecule has 0 spiro atoms. The highest BCUT2D eigenvalue weighted by molar-refractivity contribution is 7.87. The molecule has 94 valence electrons. The molecule has 17 heavy (non-hydrogen) atoms. The van der Waals surface area contributed by atoms with Crippen LogP contribution in [0.4, 0.5) is 0 Å². The smallest absolute Gasteiger partial charge is 0.279 e. The second-order valence-corrected chi connectivity index (χ2v) is 5.59. The van der Waals surface area contributed by atoms with E-state index in [1.165, 1.54) is 4.31 Å². The molecule has 0 bridgehead atoms. The minimum Gasteiger partial charge on any atom is -0.314 e. The molecule has 1 aromatic rings. The molecule has 0 atom stereocenters. The average Bonchev–Trinajstić information content (AvgIpc) is 2.39. The number of hydrogen-bond donors (Lipinski definition) is 2. The van der Waals surface area contributed by atoms with Crippen LogP contribution in [0.2, 0.25) is 0 Å². The summed E-state index contributed by atoms with van der Waals surface area (Å²) in [5.41, 5.74) is 0.853. The first-order valence-electron chi connectivity index (χ1n) is 5.53. The lowest BCUT2D eigenvalue weighted by Gasteiger charge is -2.26. The van der Waals surface area contributed by atoms with Crippen molar-refractivity contribution in [1.82, 2.24) is 19.3 Å². The van der Waals surface area contributed by atoms with Crippen LogP contribution in [0.1, 0.15) is 5.56 Å². The highest BCUT2D eigenvalue weighted by atomic mass is 32.2. The van der Waals surface area contributed by atoms with Gasteiger partial charge in [-0.25, -0.2) is 0 Å². The summed E-state index contributed by atoms with van der Waals surface area (Å²) in [5, 5.41) is 3.12. The van der Waals surface area contributed by atoms with Crippen molar-refractivity contribution in [1.29, 1.82) is 0 Å². The van der Waals surface area contributed by atoms with Crippen molar-refractivity contribution >= 4 is 10.2 Å². The molecule has 2 rings (SSSR count). The van der Waals surface area contributed by atoms with Crippen LogP contribution in [0.25, 0.3) is 0 Å². The topological polar surface area (TPSA) is 74.3 Å². The lowest BCUT2D eigenvalue weighted by Crippen LogP contribution is -2.50. The van der Waals surface area contributed by atoms with E-state index in [1.54, 1.807) is 18.5 Å². The predicted octanol–water partition coefficient (Wildman–Crippen LogP) is -0.679. The fourth-order valence-electron chi connectivity index (χ4n) is 1.65. The van der Waals surface area contributed by atoms with Crippen LogP contribution in [0.5, 0.6) is 0 Å². The van der Waals surface area contributed by atoms with E-state index >= 15 is 0 Å². The SMILES string of the molecule is O=S(=O)(NCc1cccnc1)N1CCNCC1. The number of nitrogens with zero attached hydrogens (tertiary/aromatic N) is 2. The van der Waals surface area contributed by atoms with Crippen LogP contribution in [0.15, 0.2) is 24.5 Å². The molecular weight excluding hydrogens is 240 g/mol. The third-order valence-corrected chi connectivity index (χ3v) is 4.15.